The van der Waals surface area contributed by atoms with Crippen LogP contribution in [0, 0.1) is 5.92 Å². The second-order valence-corrected chi connectivity index (χ2v) is 11.5. The van der Waals surface area contributed by atoms with Gasteiger partial charge < -0.3 is 21.3 Å². The highest BCUT2D eigenvalue weighted by atomic mass is 16.2. The number of fused-ring (bicyclic) bond motifs is 1. The highest BCUT2D eigenvalue weighted by Gasteiger charge is 2.36. The molecule has 2 aromatic carbocycles. The minimum absolute atomic E-state index is 0.0237. The molecule has 0 saturated carbocycles. The van der Waals surface area contributed by atoms with Crippen LogP contribution >= 0.6 is 0 Å². The van der Waals surface area contributed by atoms with Gasteiger partial charge in [-0.2, -0.15) is 0 Å². The predicted octanol–water partition coefficient (Wildman–Crippen LogP) is 1.86. The SMILES string of the molecule is CC(C)(C)NC(=O)C(=O)C(C[C@@H]1CCCNC1=O)NC(=O)[C@H](Cc1ccccc1)NC(=O)c1cnc2ccccc2n1. The maximum Gasteiger partial charge on any atom is 0.290 e. The summed E-state index contributed by atoms with van der Waals surface area (Å²) >= 11 is 0. The van der Waals surface area contributed by atoms with Gasteiger partial charge in [0.15, 0.2) is 0 Å². The Labute approximate surface area is 244 Å². The third-order valence-corrected chi connectivity index (χ3v) is 6.85. The molecule has 42 heavy (non-hydrogen) atoms. The van der Waals surface area contributed by atoms with Crippen molar-refractivity contribution in [2.24, 2.45) is 5.92 Å². The number of nitrogens with one attached hydrogen (secondary N) is 4. The second-order valence-electron chi connectivity index (χ2n) is 11.5. The molecule has 11 heteroatoms. The van der Waals surface area contributed by atoms with Crippen molar-refractivity contribution < 1.29 is 24.0 Å². The van der Waals surface area contributed by atoms with E-state index < -0.39 is 47.0 Å². The number of aromatic nitrogens is 2. The third-order valence-electron chi connectivity index (χ3n) is 6.85. The van der Waals surface area contributed by atoms with E-state index in [1.54, 1.807) is 39.0 Å². The molecule has 1 aliphatic rings. The Hall–Kier alpha value is -4.67. The van der Waals surface area contributed by atoms with Gasteiger partial charge in [0.2, 0.25) is 17.6 Å². The summed E-state index contributed by atoms with van der Waals surface area (Å²) in [7, 11) is 0. The molecule has 4 N–H and O–H groups in total. The van der Waals surface area contributed by atoms with E-state index in [1.807, 2.05) is 36.4 Å². The maximum atomic E-state index is 13.7. The number of piperidine rings is 1. The van der Waals surface area contributed by atoms with Crippen molar-refractivity contribution in [2.45, 2.75) is 64.1 Å². The zero-order valence-electron chi connectivity index (χ0n) is 24.0. The lowest BCUT2D eigenvalue weighted by atomic mass is 9.89. The van der Waals surface area contributed by atoms with Gasteiger partial charge in [0.1, 0.15) is 11.7 Å². The molecule has 1 aliphatic heterocycles. The number of ketones is 1. The number of Topliss-reactive ketones (excluding diaryl/α,β-unsaturated/α-hetero) is 1. The molecule has 1 unspecified atom stereocenters. The highest BCUT2D eigenvalue weighted by molar-refractivity contribution is 6.38. The van der Waals surface area contributed by atoms with Crippen LogP contribution in [-0.2, 0) is 25.6 Å². The van der Waals surface area contributed by atoms with Crippen LogP contribution in [0.2, 0.25) is 0 Å². The average Bonchev–Trinajstić information content (AvgIpc) is 2.96. The van der Waals surface area contributed by atoms with Crippen LogP contribution in [0.15, 0.2) is 60.8 Å². The van der Waals surface area contributed by atoms with Gasteiger partial charge in [0.05, 0.1) is 23.3 Å². The van der Waals surface area contributed by atoms with Crippen LogP contribution < -0.4 is 21.3 Å². The molecule has 3 atom stereocenters. The minimum Gasteiger partial charge on any atom is -0.356 e. The zero-order chi connectivity index (χ0) is 30.3. The fraction of sp³-hybridized carbons (Fsp3) is 0.387. The first-order valence-electron chi connectivity index (χ1n) is 14.0. The first-order valence-corrected chi connectivity index (χ1v) is 14.0. The highest BCUT2D eigenvalue weighted by Crippen LogP contribution is 2.19. The molecule has 0 spiro atoms. The van der Waals surface area contributed by atoms with Crippen LogP contribution in [0.1, 0.15) is 56.1 Å². The molecule has 1 saturated heterocycles. The van der Waals surface area contributed by atoms with Crippen LogP contribution in [-0.4, -0.2) is 63.5 Å². The quantitative estimate of drug-likeness (QED) is 0.270. The van der Waals surface area contributed by atoms with Gasteiger partial charge >= 0.3 is 0 Å². The summed E-state index contributed by atoms with van der Waals surface area (Å²) in [5, 5.41) is 10.8. The van der Waals surface area contributed by atoms with Crippen molar-refractivity contribution >= 4 is 40.4 Å². The van der Waals surface area contributed by atoms with Gasteiger partial charge in [-0.1, -0.05) is 42.5 Å². The number of carbonyl (C=O) groups is 5. The number of hydrogen-bond donors (Lipinski definition) is 4. The first kappa shape index (κ1) is 30.3. The summed E-state index contributed by atoms with van der Waals surface area (Å²) in [6.07, 6.45) is 2.64. The van der Waals surface area contributed by atoms with Crippen molar-refractivity contribution in [2.75, 3.05) is 6.54 Å². The van der Waals surface area contributed by atoms with E-state index in [0.29, 0.717) is 24.0 Å². The lowest BCUT2D eigenvalue weighted by Crippen LogP contribution is -2.57. The summed E-state index contributed by atoms with van der Waals surface area (Å²) in [5.74, 6) is -3.79. The number of carbonyl (C=O) groups excluding carboxylic acids is 5. The monoisotopic (exact) mass is 572 g/mol. The molecule has 0 radical (unpaired) electrons. The largest absolute Gasteiger partial charge is 0.356 e. The molecule has 1 fully saturated rings. The van der Waals surface area contributed by atoms with Crippen molar-refractivity contribution in [3.63, 3.8) is 0 Å². The van der Waals surface area contributed by atoms with Crippen molar-refractivity contribution in [1.29, 1.82) is 0 Å². The topological polar surface area (TPSA) is 159 Å². The second kappa shape index (κ2) is 13.3. The number of amides is 4. The van der Waals surface area contributed by atoms with Crippen molar-refractivity contribution in [3.05, 3.63) is 72.1 Å². The zero-order valence-corrected chi connectivity index (χ0v) is 24.0. The molecule has 220 valence electrons. The van der Waals surface area contributed by atoms with Crippen LogP contribution in [0.4, 0.5) is 0 Å². The molecule has 11 nitrogen and oxygen atoms in total. The normalized spacial score (nSPS) is 16.5. The minimum atomic E-state index is -1.27. The fourth-order valence-corrected chi connectivity index (χ4v) is 4.77. The van der Waals surface area contributed by atoms with Crippen LogP contribution in [0.3, 0.4) is 0 Å². The molecular weight excluding hydrogens is 536 g/mol. The molecule has 4 rings (SSSR count). The number of benzene rings is 2. The van der Waals surface area contributed by atoms with Gasteiger partial charge in [-0.25, -0.2) is 4.98 Å². The summed E-state index contributed by atoms with van der Waals surface area (Å²) in [5.41, 5.74) is 1.25. The van der Waals surface area contributed by atoms with Gasteiger partial charge in [0, 0.05) is 24.4 Å². The smallest absolute Gasteiger partial charge is 0.290 e. The Morgan fingerprint density at radius 2 is 1.64 bits per heavy atom. The van der Waals surface area contributed by atoms with Crippen molar-refractivity contribution in [3.8, 4) is 0 Å². The number of rotatable bonds is 10. The number of para-hydroxylation sites is 2. The van der Waals surface area contributed by atoms with Crippen LogP contribution in [0.5, 0.6) is 0 Å². The van der Waals surface area contributed by atoms with E-state index in [1.165, 1.54) is 6.20 Å². The van der Waals surface area contributed by atoms with Gasteiger partial charge in [-0.05, 0) is 57.7 Å². The molecular formula is C31H36N6O5. The Morgan fingerprint density at radius 1 is 0.952 bits per heavy atom. The molecule has 3 aromatic rings. The molecule has 1 aromatic heterocycles. The Kier molecular flexibility index (Phi) is 9.61. The number of hydrogen-bond acceptors (Lipinski definition) is 7. The first-order chi connectivity index (χ1) is 20.0. The summed E-state index contributed by atoms with van der Waals surface area (Å²) < 4.78 is 0. The number of nitrogens with zero attached hydrogens (tertiary/aromatic N) is 2. The summed E-state index contributed by atoms with van der Waals surface area (Å²) in [4.78, 5) is 74.3. The predicted molar refractivity (Wildman–Crippen MR) is 156 cm³/mol. The molecule has 0 bridgehead atoms. The molecule has 4 amide bonds. The third kappa shape index (κ3) is 8.18. The van der Waals surface area contributed by atoms with E-state index in [2.05, 4.69) is 31.2 Å². The van der Waals surface area contributed by atoms with E-state index in [-0.39, 0.29) is 24.4 Å². The Balaban J connectivity index is 1.58. The maximum absolute atomic E-state index is 13.7. The van der Waals surface area contributed by atoms with Gasteiger partial charge in [-0.15, -0.1) is 0 Å². The molecule has 0 aliphatic carbocycles. The van der Waals surface area contributed by atoms with Crippen molar-refractivity contribution in [1.82, 2.24) is 31.2 Å². The lowest BCUT2D eigenvalue weighted by Gasteiger charge is -2.28. The van der Waals surface area contributed by atoms with E-state index >= 15 is 0 Å². The lowest BCUT2D eigenvalue weighted by molar-refractivity contribution is -0.142. The Bertz CT molecular complexity index is 1470. The molecule has 2 heterocycles. The average molecular weight is 573 g/mol. The summed E-state index contributed by atoms with van der Waals surface area (Å²) in [6.45, 7) is 5.75. The van der Waals surface area contributed by atoms with Crippen LogP contribution in [0.25, 0.3) is 11.0 Å². The van der Waals surface area contributed by atoms with Gasteiger partial charge in [-0.3, -0.25) is 29.0 Å². The standard InChI is InChI=1S/C31H36N6O5/c1-31(2,3)37-30(42)26(38)23(17-20-12-9-15-32-27(20)39)35-28(40)24(16-19-10-5-4-6-11-19)36-29(41)25-18-33-21-13-7-8-14-22(21)34-25/h4-8,10-11,13-14,18,20,23-24H,9,12,15-17H2,1-3H3,(H,32,39)(H,35,40)(H,36,41)(H,37,42)/t20-,23?,24-/m0/s1. The van der Waals surface area contributed by atoms with E-state index in [0.717, 1.165) is 12.0 Å². The fourth-order valence-electron chi connectivity index (χ4n) is 4.77. The summed E-state index contributed by atoms with van der Waals surface area (Å²) in [6, 6.07) is 13.8. The van der Waals surface area contributed by atoms with Gasteiger partial charge in [0.25, 0.3) is 11.8 Å². The Morgan fingerprint density at radius 3 is 2.33 bits per heavy atom. The van der Waals surface area contributed by atoms with E-state index in [4.69, 9.17) is 0 Å². The van der Waals surface area contributed by atoms with E-state index in [9.17, 15) is 24.0 Å².